The summed E-state index contributed by atoms with van der Waals surface area (Å²) in [5.41, 5.74) is 0.572. The minimum Gasteiger partial charge on any atom is -0.386 e. The van der Waals surface area contributed by atoms with E-state index in [1.165, 1.54) is 25.7 Å². The summed E-state index contributed by atoms with van der Waals surface area (Å²) in [6.45, 7) is 0. The number of rotatable bonds is 2. The second kappa shape index (κ2) is 6.03. The van der Waals surface area contributed by atoms with Crippen LogP contribution in [-0.4, -0.2) is 10.1 Å². The van der Waals surface area contributed by atoms with Gasteiger partial charge in [0.2, 0.25) is 0 Å². The van der Waals surface area contributed by atoms with E-state index in [-0.39, 0.29) is 5.92 Å². The molecular weight excluding hydrogens is 257 g/mol. The van der Waals surface area contributed by atoms with E-state index in [0.717, 1.165) is 12.8 Å². The molecule has 94 valence electrons. The minimum atomic E-state index is -0.558. The van der Waals surface area contributed by atoms with Crippen molar-refractivity contribution in [2.45, 2.75) is 44.6 Å². The molecule has 2 rings (SSSR count). The average molecular weight is 274 g/mol. The number of nitrogens with zero attached hydrogens (tertiary/aromatic N) is 1. The van der Waals surface area contributed by atoms with Crippen molar-refractivity contribution in [3.63, 3.8) is 0 Å². The largest absolute Gasteiger partial charge is 0.386 e. The summed E-state index contributed by atoms with van der Waals surface area (Å²) in [6.07, 6.45) is 8.01. The van der Waals surface area contributed by atoms with Crippen molar-refractivity contribution >= 4 is 23.2 Å². The van der Waals surface area contributed by atoms with Gasteiger partial charge in [-0.1, -0.05) is 48.9 Å². The summed E-state index contributed by atoms with van der Waals surface area (Å²) < 4.78 is 0. The van der Waals surface area contributed by atoms with E-state index in [0.29, 0.717) is 15.7 Å². The Morgan fingerprint density at radius 2 is 1.82 bits per heavy atom. The van der Waals surface area contributed by atoms with E-state index in [1.54, 1.807) is 12.3 Å². The molecule has 0 spiro atoms. The van der Waals surface area contributed by atoms with E-state index < -0.39 is 6.10 Å². The molecule has 17 heavy (non-hydrogen) atoms. The molecule has 0 amide bonds. The molecule has 1 N–H and O–H groups in total. The van der Waals surface area contributed by atoms with Gasteiger partial charge in [0.15, 0.2) is 0 Å². The van der Waals surface area contributed by atoms with Crippen LogP contribution in [0, 0.1) is 5.92 Å². The van der Waals surface area contributed by atoms with Gasteiger partial charge in [-0.05, 0) is 24.8 Å². The van der Waals surface area contributed by atoms with Crippen molar-refractivity contribution in [3.05, 3.63) is 28.0 Å². The average Bonchev–Trinajstić information content (AvgIpc) is 2.56. The van der Waals surface area contributed by atoms with Gasteiger partial charge in [0.1, 0.15) is 6.10 Å². The van der Waals surface area contributed by atoms with Crippen LogP contribution < -0.4 is 0 Å². The normalized spacial score (nSPS) is 19.9. The van der Waals surface area contributed by atoms with Gasteiger partial charge in [0.05, 0.1) is 15.7 Å². The van der Waals surface area contributed by atoms with Crippen LogP contribution in [0.3, 0.4) is 0 Å². The molecule has 0 aliphatic heterocycles. The van der Waals surface area contributed by atoms with Crippen LogP contribution in [0.25, 0.3) is 0 Å². The second-order valence-corrected chi connectivity index (χ2v) is 5.56. The number of aromatic nitrogens is 1. The number of hydrogen-bond acceptors (Lipinski definition) is 2. The quantitative estimate of drug-likeness (QED) is 0.811. The number of halogens is 2. The maximum absolute atomic E-state index is 10.4. The Kier molecular flexibility index (Phi) is 4.66. The zero-order valence-corrected chi connectivity index (χ0v) is 11.2. The van der Waals surface area contributed by atoms with Crippen LogP contribution in [-0.2, 0) is 0 Å². The van der Waals surface area contributed by atoms with E-state index in [4.69, 9.17) is 23.2 Å². The fourth-order valence-electron chi connectivity index (χ4n) is 2.49. The first-order valence-electron chi connectivity index (χ1n) is 6.17. The molecule has 1 saturated carbocycles. The Hall–Kier alpha value is -0.310. The van der Waals surface area contributed by atoms with E-state index >= 15 is 0 Å². The highest BCUT2D eigenvalue weighted by atomic mass is 35.5. The minimum absolute atomic E-state index is 0.281. The van der Waals surface area contributed by atoms with Crippen LogP contribution in [0.5, 0.6) is 0 Å². The zero-order valence-electron chi connectivity index (χ0n) is 9.70. The molecule has 0 aromatic carbocycles. The molecular formula is C13H17Cl2NO. The maximum atomic E-state index is 10.4. The van der Waals surface area contributed by atoms with Gasteiger partial charge in [-0.3, -0.25) is 4.98 Å². The Bertz CT molecular complexity index is 376. The summed E-state index contributed by atoms with van der Waals surface area (Å²) in [6, 6.07) is 1.64. The van der Waals surface area contributed by atoms with Gasteiger partial charge in [0.25, 0.3) is 0 Å². The summed E-state index contributed by atoms with van der Waals surface area (Å²) in [4.78, 5) is 4.17. The van der Waals surface area contributed by atoms with E-state index in [1.807, 2.05) is 0 Å². The van der Waals surface area contributed by atoms with Gasteiger partial charge >= 0.3 is 0 Å². The molecule has 1 aliphatic rings. The lowest BCUT2D eigenvalue weighted by molar-refractivity contribution is 0.0949. The Morgan fingerprint density at radius 1 is 1.18 bits per heavy atom. The first-order chi connectivity index (χ1) is 8.18. The lowest BCUT2D eigenvalue weighted by Gasteiger charge is -2.21. The van der Waals surface area contributed by atoms with Crippen molar-refractivity contribution in [1.29, 1.82) is 0 Å². The maximum Gasteiger partial charge on any atom is 0.100 e. The Morgan fingerprint density at radius 3 is 2.41 bits per heavy atom. The number of pyridine rings is 1. The van der Waals surface area contributed by atoms with E-state index in [2.05, 4.69) is 4.98 Å². The van der Waals surface area contributed by atoms with Gasteiger partial charge in [-0.2, -0.15) is 0 Å². The third-order valence-corrected chi connectivity index (χ3v) is 3.97. The van der Waals surface area contributed by atoms with E-state index in [9.17, 15) is 5.11 Å². The van der Waals surface area contributed by atoms with Gasteiger partial charge in [-0.15, -0.1) is 0 Å². The van der Waals surface area contributed by atoms with Crippen molar-refractivity contribution in [1.82, 2.24) is 4.98 Å². The fourth-order valence-corrected chi connectivity index (χ4v) is 2.98. The Labute approximate surface area is 112 Å². The first kappa shape index (κ1) is 13.1. The standard InChI is InChI=1S/C13H17Cl2NO/c14-10-7-11(15)12(16-8-10)13(17)9-5-3-1-2-4-6-9/h7-9,13,17H,1-6H2. The lowest BCUT2D eigenvalue weighted by Crippen LogP contribution is -2.13. The molecule has 1 atom stereocenters. The molecule has 4 heteroatoms. The first-order valence-corrected chi connectivity index (χ1v) is 6.93. The molecule has 1 unspecified atom stereocenters. The summed E-state index contributed by atoms with van der Waals surface area (Å²) in [5.74, 6) is 0.281. The number of aliphatic hydroxyl groups excluding tert-OH is 1. The molecule has 1 heterocycles. The topological polar surface area (TPSA) is 33.1 Å². The second-order valence-electron chi connectivity index (χ2n) is 4.72. The highest BCUT2D eigenvalue weighted by Crippen LogP contribution is 2.35. The molecule has 0 radical (unpaired) electrons. The molecule has 1 aromatic heterocycles. The third-order valence-electron chi connectivity index (χ3n) is 3.46. The monoisotopic (exact) mass is 273 g/mol. The summed E-state index contributed by atoms with van der Waals surface area (Å²) in [7, 11) is 0. The predicted molar refractivity (Wildman–Crippen MR) is 70.4 cm³/mol. The van der Waals surface area contributed by atoms with Crippen LogP contribution in [0.15, 0.2) is 12.3 Å². The summed E-state index contributed by atoms with van der Waals surface area (Å²) >= 11 is 11.9. The molecule has 0 saturated heterocycles. The number of aliphatic hydroxyl groups is 1. The van der Waals surface area contributed by atoms with Gasteiger partial charge in [0, 0.05) is 6.20 Å². The van der Waals surface area contributed by atoms with Gasteiger partial charge in [-0.25, -0.2) is 0 Å². The van der Waals surface area contributed by atoms with Crippen LogP contribution in [0.4, 0.5) is 0 Å². The molecule has 0 bridgehead atoms. The molecule has 1 fully saturated rings. The van der Waals surface area contributed by atoms with Crippen LogP contribution in [0.2, 0.25) is 10.0 Å². The molecule has 2 nitrogen and oxygen atoms in total. The molecule has 1 aliphatic carbocycles. The van der Waals surface area contributed by atoms with Gasteiger partial charge < -0.3 is 5.11 Å². The zero-order chi connectivity index (χ0) is 12.3. The third kappa shape index (κ3) is 3.34. The predicted octanol–water partition coefficient (Wildman–Crippen LogP) is 4.39. The lowest BCUT2D eigenvalue weighted by atomic mass is 9.92. The van der Waals surface area contributed by atoms with Crippen LogP contribution >= 0.6 is 23.2 Å². The fraction of sp³-hybridized carbons (Fsp3) is 0.615. The molecule has 1 aromatic rings. The summed E-state index contributed by atoms with van der Waals surface area (Å²) in [5, 5.41) is 11.3. The highest BCUT2D eigenvalue weighted by molar-refractivity contribution is 6.34. The highest BCUT2D eigenvalue weighted by Gasteiger charge is 2.25. The van der Waals surface area contributed by atoms with Crippen molar-refractivity contribution in [2.24, 2.45) is 5.92 Å². The smallest absolute Gasteiger partial charge is 0.100 e. The van der Waals surface area contributed by atoms with Crippen molar-refractivity contribution in [3.8, 4) is 0 Å². The van der Waals surface area contributed by atoms with Crippen LogP contribution in [0.1, 0.15) is 50.3 Å². The Balaban J connectivity index is 2.14. The SMILES string of the molecule is OC(c1ncc(Cl)cc1Cl)C1CCCCCC1. The van der Waals surface area contributed by atoms with Crippen molar-refractivity contribution in [2.75, 3.05) is 0 Å². The van der Waals surface area contributed by atoms with Crippen molar-refractivity contribution < 1.29 is 5.11 Å². The number of hydrogen-bond donors (Lipinski definition) is 1.